The Balaban J connectivity index is 3.02. The van der Waals surface area contributed by atoms with Gasteiger partial charge in [-0.2, -0.15) is 4.72 Å². The van der Waals surface area contributed by atoms with Crippen molar-refractivity contribution < 1.29 is 23.1 Å². The van der Waals surface area contributed by atoms with E-state index in [9.17, 15) is 13.2 Å². The Hall–Kier alpha value is -1.12. The molecule has 0 heterocycles. The highest BCUT2D eigenvalue weighted by atomic mass is 79.9. The van der Waals surface area contributed by atoms with Gasteiger partial charge < -0.3 is 9.84 Å². The molecule has 0 aromatic heterocycles. The van der Waals surface area contributed by atoms with Gasteiger partial charge in [0.25, 0.3) is 0 Å². The summed E-state index contributed by atoms with van der Waals surface area (Å²) in [4.78, 5) is 10.6. The number of carbonyl (C=O) groups is 1. The summed E-state index contributed by atoms with van der Waals surface area (Å²) in [7, 11) is -3.88. The number of aliphatic carboxylic acids is 1. The van der Waals surface area contributed by atoms with Crippen LogP contribution in [0.4, 0.5) is 0 Å². The molecule has 0 fully saturated rings. The molecular weight excluding hydrogens is 338 g/mol. The monoisotopic (exact) mass is 351 g/mol. The quantitative estimate of drug-likeness (QED) is 0.811. The van der Waals surface area contributed by atoms with Crippen molar-refractivity contribution in [3.63, 3.8) is 0 Å². The largest absolute Gasteiger partial charge is 0.493 e. The van der Waals surface area contributed by atoms with E-state index in [1.807, 2.05) is 6.92 Å². The first-order chi connectivity index (χ1) is 8.77. The molecule has 0 amide bonds. The summed E-state index contributed by atoms with van der Waals surface area (Å²) in [5.41, 5.74) is 0. The number of carboxylic acids is 1. The van der Waals surface area contributed by atoms with Crippen LogP contribution >= 0.6 is 15.9 Å². The summed E-state index contributed by atoms with van der Waals surface area (Å²) in [6, 6.07) is 3.03. The molecule has 1 aromatic carbocycles. The lowest BCUT2D eigenvalue weighted by atomic mass is 10.3. The molecule has 0 aliphatic carbocycles. The van der Waals surface area contributed by atoms with E-state index in [-0.39, 0.29) is 4.90 Å². The van der Waals surface area contributed by atoms with E-state index in [4.69, 9.17) is 9.84 Å². The highest BCUT2D eigenvalue weighted by Gasteiger charge is 2.22. The molecule has 0 aliphatic heterocycles. The Morgan fingerprint density at radius 1 is 1.53 bits per heavy atom. The minimum Gasteiger partial charge on any atom is -0.493 e. The van der Waals surface area contributed by atoms with Gasteiger partial charge in [-0.05, 0) is 48.0 Å². The lowest BCUT2D eigenvalue weighted by molar-refractivity contribution is -0.138. The summed E-state index contributed by atoms with van der Waals surface area (Å²) >= 11 is 3.20. The van der Waals surface area contributed by atoms with Crippen LogP contribution in [0.5, 0.6) is 5.75 Å². The van der Waals surface area contributed by atoms with E-state index >= 15 is 0 Å². The molecule has 0 unspecified atom stereocenters. The Kier molecular flexibility index (Phi) is 5.33. The number of rotatable bonds is 6. The molecule has 0 saturated heterocycles. The molecular formula is C11H14BrNO5S. The number of nitrogens with one attached hydrogen (secondary N) is 1. The number of hydrogen-bond acceptors (Lipinski definition) is 4. The number of carboxylic acid groups (broad SMARTS) is 1. The van der Waals surface area contributed by atoms with Crippen molar-refractivity contribution in [1.82, 2.24) is 4.72 Å². The zero-order valence-corrected chi connectivity index (χ0v) is 12.8. The first-order valence-electron chi connectivity index (χ1n) is 5.45. The van der Waals surface area contributed by atoms with Crippen molar-refractivity contribution >= 4 is 31.9 Å². The molecule has 6 nitrogen and oxygen atoms in total. The zero-order chi connectivity index (χ0) is 14.6. The Morgan fingerprint density at radius 2 is 2.16 bits per heavy atom. The first kappa shape index (κ1) is 15.9. The van der Waals surface area contributed by atoms with Gasteiger partial charge in [-0.15, -0.1) is 0 Å². The summed E-state index contributed by atoms with van der Waals surface area (Å²) in [5, 5.41) is 8.70. The summed E-state index contributed by atoms with van der Waals surface area (Å²) in [6.45, 7) is 3.52. The molecule has 0 saturated carbocycles. The van der Waals surface area contributed by atoms with Crippen molar-refractivity contribution in [3.8, 4) is 5.75 Å². The molecule has 19 heavy (non-hydrogen) atoms. The average molecular weight is 352 g/mol. The number of halogens is 1. The van der Waals surface area contributed by atoms with E-state index in [1.54, 1.807) is 0 Å². The van der Waals surface area contributed by atoms with Crippen LogP contribution in [-0.2, 0) is 14.8 Å². The van der Waals surface area contributed by atoms with Crippen LogP contribution < -0.4 is 9.46 Å². The van der Waals surface area contributed by atoms with Crippen LogP contribution in [-0.4, -0.2) is 32.1 Å². The van der Waals surface area contributed by atoms with E-state index in [1.165, 1.54) is 25.1 Å². The van der Waals surface area contributed by atoms with E-state index in [0.717, 1.165) is 0 Å². The maximum Gasteiger partial charge on any atom is 0.321 e. The fourth-order valence-corrected chi connectivity index (χ4v) is 3.14. The van der Waals surface area contributed by atoms with Crippen LogP contribution in [0.25, 0.3) is 0 Å². The highest BCUT2D eigenvalue weighted by Crippen LogP contribution is 2.27. The number of ether oxygens (including phenoxy) is 1. The minimum absolute atomic E-state index is 0.0315. The van der Waals surface area contributed by atoms with Gasteiger partial charge in [-0.1, -0.05) is 0 Å². The van der Waals surface area contributed by atoms with Crippen molar-refractivity contribution in [2.45, 2.75) is 24.8 Å². The van der Waals surface area contributed by atoms with Crippen LogP contribution in [0.15, 0.2) is 27.6 Å². The molecule has 1 rings (SSSR count). The summed E-state index contributed by atoms with van der Waals surface area (Å²) < 4.78 is 31.7. The zero-order valence-electron chi connectivity index (χ0n) is 10.4. The van der Waals surface area contributed by atoms with Gasteiger partial charge in [-0.25, -0.2) is 8.42 Å². The van der Waals surface area contributed by atoms with Crippen LogP contribution in [0.1, 0.15) is 13.8 Å². The third-order valence-electron chi connectivity index (χ3n) is 2.22. The van der Waals surface area contributed by atoms with Crippen molar-refractivity contribution in [3.05, 3.63) is 22.7 Å². The predicted molar refractivity (Wildman–Crippen MR) is 72.7 cm³/mol. The second-order valence-electron chi connectivity index (χ2n) is 3.71. The predicted octanol–water partition coefficient (Wildman–Crippen LogP) is 1.60. The molecule has 106 valence electrons. The molecule has 0 bridgehead atoms. The lowest BCUT2D eigenvalue weighted by Crippen LogP contribution is -2.38. The lowest BCUT2D eigenvalue weighted by Gasteiger charge is -2.12. The van der Waals surface area contributed by atoms with Gasteiger partial charge in [-0.3, -0.25) is 4.79 Å². The first-order valence-corrected chi connectivity index (χ1v) is 7.73. The summed E-state index contributed by atoms with van der Waals surface area (Å²) in [6.07, 6.45) is 0. The van der Waals surface area contributed by atoms with Gasteiger partial charge in [0.2, 0.25) is 10.0 Å². The van der Waals surface area contributed by atoms with Crippen LogP contribution in [0, 0.1) is 0 Å². The smallest absolute Gasteiger partial charge is 0.321 e. The average Bonchev–Trinajstić information content (AvgIpc) is 2.31. The Labute approximate surface area is 120 Å². The highest BCUT2D eigenvalue weighted by molar-refractivity contribution is 9.10. The maximum atomic E-state index is 11.9. The third kappa shape index (κ3) is 4.19. The molecule has 1 aromatic rings. The number of benzene rings is 1. The maximum absolute atomic E-state index is 11.9. The molecule has 0 radical (unpaired) electrons. The van der Waals surface area contributed by atoms with Gasteiger partial charge in [0.05, 0.1) is 16.0 Å². The number of hydrogen-bond donors (Lipinski definition) is 2. The summed E-state index contributed by atoms with van der Waals surface area (Å²) in [5.74, 6) is -0.721. The second kappa shape index (κ2) is 6.36. The normalized spacial score (nSPS) is 13.0. The topological polar surface area (TPSA) is 92.7 Å². The van der Waals surface area contributed by atoms with Gasteiger partial charge in [0.1, 0.15) is 11.8 Å². The SMILES string of the molecule is CCOc1ccc(S(=O)(=O)N[C@H](C)C(=O)O)cc1Br. The van der Waals surface area contributed by atoms with Gasteiger partial charge in [0.15, 0.2) is 0 Å². The number of sulfonamides is 1. The van der Waals surface area contributed by atoms with E-state index in [0.29, 0.717) is 16.8 Å². The van der Waals surface area contributed by atoms with Gasteiger partial charge >= 0.3 is 5.97 Å². The van der Waals surface area contributed by atoms with Crippen molar-refractivity contribution in [2.75, 3.05) is 6.61 Å². The second-order valence-corrected chi connectivity index (χ2v) is 6.27. The van der Waals surface area contributed by atoms with Crippen molar-refractivity contribution in [1.29, 1.82) is 0 Å². The Bertz CT molecular complexity index is 572. The minimum atomic E-state index is -3.88. The molecule has 1 atom stereocenters. The van der Waals surface area contributed by atoms with Crippen molar-refractivity contribution in [2.24, 2.45) is 0 Å². The molecule has 2 N–H and O–H groups in total. The van der Waals surface area contributed by atoms with Crippen LogP contribution in [0.2, 0.25) is 0 Å². The third-order valence-corrected chi connectivity index (χ3v) is 4.37. The van der Waals surface area contributed by atoms with E-state index < -0.39 is 22.0 Å². The van der Waals surface area contributed by atoms with Gasteiger partial charge in [0, 0.05) is 0 Å². The fourth-order valence-electron chi connectivity index (χ4n) is 1.27. The molecule has 0 spiro atoms. The molecule has 8 heteroatoms. The van der Waals surface area contributed by atoms with E-state index in [2.05, 4.69) is 20.7 Å². The van der Waals surface area contributed by atoms with Crippen LogP contribution in [0.3, 0.4) is 0 Å². The standard InChI is InChI=1S/C11H14BrNO5S/c1-3-18-10-5-4-8(6-9(10)12)19(16,17)13-7(2)11(14)15/h4-7,13H,3H2,1-2H3,(H,14,15)/t7-/m1/s1. The fraction of sp³-hybridized carbons (Fsp3) is 0.364. The molecule has 0 aliphatic rings. The Morgan fingerprint density at radius 3 is 2.63 bits per heavy atom.